The molecule has 1 aliphatic heterocycles. The van der Waals surface area contributed by atoms with Gasteiger partial charge in [-0.05, 0) is 6.92 Å². The number of aldehydes is 1. The Balaban J connectivity index is 2.19. The van der Waals surface area contributed by atoms with Crippen LogP contribution in [0.2, 0.25) is 0 Å². The number of nitrogens with zero attached hydrogens (tertiary/aromatic N) is 2. The van der Waals surface area contributed by atoms with E-state index in [4.69, 9.17) is 4.74 Å². The summed E-state index contributed by atoms with van der Waals surface area (Å²) in [5.41, 5.74) is 0. The van der Waals surface area contributed by atoms with Crippen molar-refractivity contribution in [2.75, 3.05) is 45.9 Å². The van der Waals surface area contributed by atoms with Gasteiger partial charge >= 0.3 is 5.97 Å². The normalized spacial score (nSPS) is 18.7. The molecule has 1 fully saturated rings. The largest absolute Gasteiger partial charge is 0.465 e. The van der Waals surface area contributed by atoms with E-state index in [9.17, 15) is 9.59 Å². The van der Waals surface area contributed by atoms with Crippen LogP contribution in [-0.2, 0) is 14.3 Å². The van der Waals surface area contributed by atoms with Crippen molar-refractivity contribution in [3.63, 3.8) is 0 Å². The Kier molecular flexibility index (Phi) is 5.28. The molecule has 0 aromatic heterocycles. The van der Waals surface area contributed by atoms with Crippen LogP contribution >= 0.6 is 0 Å². The lowest BCUT2D eigenvalue weighted by molar-refractivity contribution is -0.144. The Labute approximate surface area is 90.0 Å². The minimum absolute atomic E-state index is 0.165. The summed E-state index contributed by atoms with van der Waals surface area (Å²) in [5.74, 6) is -0.165. The first kappa shape index (κ1) is 12.1. The van der Waals surface area contributed by atoms with Gasteiger partial charge in [0.1, 0.15) is 6.29 Å². The molecule has 1 heterocycles. The average Bonchev–Trinajstić information content (AvgIpc) is 2.22. The molecule has 5 nitrogen and oxygen atoms in total. The first-order chi connectivity index (χ1) is 7.26. The number of hydrogen-bond acceptors (Lipinski definition) is 5. The SMILES string of the molecule is CCOC(=O)CN1CCN(CC=O)CC1. The first-order valence-corrected chi connectivity index (χ1v) is 5.30. The van der Waals surface area contributed by atoms with E-state index in [-0.39, 0.29) is 5.97 Å². The smallest absolute Gasteiger partial charge is 0.320 e. The highest BCUT2D eigenvalue weighted by Crippen LogP contribution is 2.00. The lowest BCUT2D eigenvalue weighted by Gasteiger charge is -2.32. The third-order valence-electron chi connectivity index (χ3n) is 2.46. The summed E-state index contributed by atoms with van der Waals surface area (Å²) >= 11 is 0. The van der Waals surface area contributed by atoms with Gasteiger partial charge in [0.25, 0.3) is 0 Å². The number of piperazine rings is 1. The number of hydrogen-bond donors (Lipinski definition) is 0. The Morgan fingerprint density at radius 2 is 1.87 bits per heavy atom. The lowest BCUT2D eigenvalue weighted by atomic mass is 10.3. The maximum absolute atomic E-state index is 11.2. The zero-order valence-corrected chi connectivity index (χ0v) is 9.15. The Bertz CT molecular complexity index is 213. The molecule has 1 rings (SSSR count). The quantitative estimate of drug-likeness (QED) is 0.450. The number of esters is 1. The van der Waals surface area contributed by atoms with Crippen molar-refractivity contribution in [3.8, 4) is 0 Å². The van der Waals surface area contributed by atoms with Crippen LogP contribution in [0.15, 0.2) is 0 Å². The van der Waals surface area contributed by atoms with Crippen molar-refractivity contribution in [3.05, 3.63) is 0 Å². The second-order valence-electron chi connectivity index (χ2n) is 3.55. The third-order valence-corrected chi connectivity index (χ3v) is 2.46. The zero-order valence-electron chi connectivity index (χ0n) is 9.15. The minimum Gasteiger partial charge on any atom is -0.465 e. The highest BCUT2D eigenvalue weighted by atomic mass is 16.5. The maximum Gasteiger partial charge on any atom is 0.320 e. The predicted molar refractivity (Wildman–Crippen MR) is 55.6 cm³/mol. The number of carbonyl (C=O) groups is 2. The summed E-state index contributed by atoms with van der Waals surface area (Å²) in [6.07, 6.45) is 0.918. The molecule has 0 amide bonds. The highest BCUT2D eigenvalue weighted by Gasteiger charge is 2.18. The molecular formula is C10H18N2O3. The Hall–Kier alpha value is -0.940. The van der Waals surface area contributed by atoms with Crippen molar-refractivity contribution in [2.24, 2.45) is 0 Å². The summed E-state index contributed by atoms with van der Waals surface area (Å²) in [4.78, 5) is 25.6. The van der Waals surface area contributed by atoms with E-state index in [1.165, 1.54) is 0 Å². The number of rotatable bonds is 5. The molecule has 5 heteroatoms. The molecule has 0 N–H and O–H groups in total. The van der Waals surface area contributed by atoms with Gasteiger partial charge in [-0.15, -0.1) is 0 Å². The van der Waals surface area contributed by atoms with Crippen molar-refractivity contribution in [1.82, 2.24) is 9.80 Å². The van der Waals surface area contributed by atoms with Crippen LogP contribution in [0.5, 0.6) is 0 Å². The summed E-state index contributed by atoms with van der Waals surface area (Å²) < 4.78 is 4.87. The van der Waals surface area contributed by atoms with Crippen LogP contribution in [-0.4, -0.2) is 67.9 Å². The molecule has 1 aliphatic rings. The van der Waals surface area contributed by atoms with E-state index in [0.29, 0.717) is 19.7 Å². The van der Waals surface area contributed by atoms with Gasteiger partial charge in [0.05, 0.1) is 19.7 Å². The molecule has 0 bridgehead atoms. The molecule has 0 spiro atoms. The van der Waals surface area contributed by atoms with Crippen LogP contribution < -0.4 is 0 Å². The van der Waals surface area contributed by atoms with Crippen LogP contribution in [0.1, 0.15) is 6.92 Å². The molecule has 0 aromatic carbocycles. The van der Waals surface area contributed by atoms with Gasteiger partial charge in [0.15, 0.2) is 0 Å². The van der Waals surface area contributed by atoms with Crippen LogP contribution in [0.4, 0.5) is 0 Å². The topological polar surface area (TPSA) is 49.9 Å². The van der Waals surface area contributed by atoms with Crippen molar-refractivity contribution in [2.45, 2.75) is 6.92 Å². The Morgan fingerprint density at radius 3 is 2.40 bits per heavy atom. The molecule has 0 unspecified atom stereocenters. The van der Waals surface area contributed by atoms with E-state index >= 15 is 0 Å². The summed E-state index contributed by atoms with van der Waals surface area (Å²) in [7, 11) is 0. The number of carbonyl (C=O) groups excluding carboxylic acids is 2. The fourth-order valence-electron chi connectivity index (χ4n) is 1.62. The van der Waals surface area contributed by atoms with E-state index in [1.807, 2.05) is 0 Å². The average molecular weight is 214 g/mol. The van der Waals surface area contributed by atoms with Gasteiger partial charge < -0.3 is 9.53 Å². The molecule has 15 heavy (non-hydrogen) atoms. The number of ether oxygens (including phenoxy) is 1. The Morgan fingerprint density at radius 1 is 1.27 bits per heavy atom. The predicted octanol–water partition coefficient (Wildman–Crippen LogP) is -0.634. The van der Waals surface area contributed by atoms with E-state index in [0.717, 1.165) is 32.5 Å². The van der Waals surface area contributed by atoms with Gasteiger partial charge in [0, 0.05) is 26.2 Å². The highest BCUT2D eigenvalue weighted by molar-refractivity contribution is 5.71. The van der Waals surface area contributed by atoms with E-state index in [1.54, 1.807) is 6.92 Å². The van der Waals surface area contributed by atoms with Gasteiger partial charge in [0.2, 0.25) is 0 Å². The zero-order chi connectivity index (χ0) is 11.1. The summed E-state index contributed by atoms with van der Waals surface area (Å²) in [6, 6.07) is 0. The molecule has 0 aromatic rings. The maximum atomic E-state index is 11.2. The first-order valence-electron chi connectivity index (χ1n) is 5.30. The van der Waals surface area contributed by atoms with Crippen molar-refractivity contribution < 1.29 is 14.3 Å². The minimum atomic E-state index is -0.165. The lowest BCUT2D eigenvalue weighted by Crippen LogP contribution is -2.48. The standard InChI is InChI=1S/C10H18N2O3/c1-2-15-10(14)9-12-5-3-11(4-6-12)7-8-13/h8H,2-7,9H2,1H3. The molecule has 0 atom stereocenters. The van der Waals surface area contributed by atoms with Crippen LogP contribution in [0.3, 0.4) is 0 Å². The molecule has 0 radical (unpaired) electrons. The summed E-state index contributed by atoms with van der Waals surface area (Å²) in [6.45, 7) is 6.44. The second-order valence-corrected chi connectivity index (χ2v) is 3.55. The van der Waals surface area contributed by atoms with Crippen molar-refractivity contribution >= 4 is 12.3 Å². The van der Waals surface area contributed by atoms with Gasteiger partial charge in [-0.1, -0.05) is 0 Å². The second kappa shape index (κ2) is 6.53. The van der Waals surface area contributed by atoms with Crippen LogP contribution in [0, 0.1) is 0 Å². The third kappa shape index (κ3) is 4.40. The summed E-state index contributed by atoms with van der Waals surface area (Å²) in [5, 5.41) is 0. The molecular weight excluding hydrogens is 196 g/mol. The molecule has 0 aliphatic carbocycles. The van der Waals surface area contributed by atoms with Crippen molar-refractivity contribution in [1.29, 1.82) is 0 Å². The fraction of sp³-hybridized carbons (Fsp3) is 0.800. The fourth-order valence-corrected chi connectivity index (χ4v) is 1.62. The van der Waals surface area contributed by atoms with Crippen LogP contribution in [0.25, 0.3) is 0 Å². The van der Waals surface area contributed by atoms with Gasteiger partial charge in [-0.2, -0.15) is 0 Å². The molecule has 86 valence electrons. The monoisotopic (exact) mass is 214 g/mol. The molecule has 1 saturated heterocycles. The van der Waals surface area contributed by atoms with E-state index < -0.39 is 0 Å². The van der Waals surface area contributed by atoms with Gasteiger partial charge in [-0.3, -0.25) is 14.6 Å². The van der Waals surface area contributed by atoms with Gasteiger partial charge in [-0.25, -0.2) is 0 Å². The molecule has 0 saturated carbocycles. The van der Waals surface area contributed by atoms with E-state index in [2.05, 4.69) is 9.80 Å².